The van der Waals surface area contributed by atoms with Crippen LogP contribution in [0.5, 0.6) is 0 Å². The quantitative estimate of drug-likeness (QED) is 0.367. The van der Waals surface area contributed by atoms with Crippen molar-refractivity contribution in [2.75, 3.05) is 4.90 Å². The number of imide groups is 1. The summed E-state index contributed by atoms with van der Waals surface area (Å²) in [6.45, 7) is 4.23. The standard InChI is InChI=1S/C30H25BrN4O3/c1-16(2)14-22-24-25(28(38)34(27(24)37)18-9-7-8-17(31)15-18)30(33-22)20-11-4-6-13-23(20)35-26(36)19-10-3-5-12-21(19)32-29(30)35/h3-13,15-16,22,24-25,33H,14H2,1-2H3/t22?,24-,25+,30?/m0/s1. The SMILES string of the molecule is CC(C)CC1NC2(c3ccccc3-n3c2nc2ccccc2c3=O)[C@H]2C(=O)N(c3cccc(Br)c3)C(=O)[C@@H]12. The topological polar surface area (TPSA) is 84.3 Å². The van der Waals surface area contributed by atoms with Crippen LogP contribution in [-0.2, 0) is 15.1 Å². The van der Waals surface area contributed by atoms with E-state index in [4.69, 9.17) is 4.98 Å². The molecule has 190 valence electrons. The third-order valence-corrected chi connectivity index (χ3v) is 8.65. The zero-order chi connectivity index (χ0) is 26.3. The van der Waals surface area contributed by atoms with Gasteiger partial charge in [0.15, 0.2) is 0 Å². The Morgan fingerprint density at radius 2 is 1.74 bits per heavy atom. The minimum Gasteiger partial charge on any atom is -0.297 e. The Bertz CT molecular complexity index is 1730. The molecule has 0 bridgehead atoms. The van der Waals surface area contributed by atoms with Gasteiger partial charge in [-0.3, -0.25) is 24.3 Å². The molecule has 1 aromatic heterocycles. The smallest absolute Gasteiger partial charge is 0.266 e. The molecule has 2 unspecified atom stereocenters. The molecule has 1 N–H and O–H groups in total. The van der Waals surface area contributed by atoms with Crippen molar-refractivity contribution in [1.29, 1.82) is 0 Å². The van der Waals surface area contributed by atoms with E-state index in [9.17, 15) is 14.4 Å². The van der Waals surface area contributed by atoms with Crippen LogP contribution in [0.25, 0.3) is 16.6 Å². The Morgan fingerprint density at radius 1 is 0.974 bits per heavy atom. The van der Waals surface area contributed by atoms with Crippen LogP contribution < -0.4 is 15.8 Å². The lowest BCUT2D eigenvalue weighted by atomic mass is 9.75. The maximum atomic E-state index is 14.4. The normalized spacial score (nSPS) is 25.5. The van der Waals surface area contributed by atoms with Gasteiger partial charge in [0, 0.05) is 16.1 Å². The molecule has 7 rings (SSSR count). The lowest BCUT2D eigenvalue weighted by molar-refractivity contribution is -0.123. The van der Waals surface area contributed by atoms with Gasteiger partial charge in [-0.2, -0.15) is 0 Å². The molecule has 38 heavy (non-hydrogen) atoms. The van der Waals surface area contributed by atoms with Crippen LogP contribution in [0.2, 0.25) is 0 Å². The van der Waals surface area contributed by atoms with Crippen molar-refractivity contribution in [3.05, 3.63) is 99.0 Å². The Kier molecular flexibility index (Phi) is 5.06. The summed E-state index contributed by atoms with van der Waals surface area (Å²) < 4.78 is 2.43. The first-order chi connectivity index (χ1) is 18.3. The highest BCUT2D eigenvalue weighted by molar-refractivity contribution is 9.10. The Balaban J connectivity index is 1.52. The van der Waals surface area contributed by atoms with Crippen LogP contribution in [-0.4, -0.2) is 27.4 Å². The molecule has 2 fully saturated rings. The Labute approximate surface area is 227 Å². The minimum absolute atomic E-state index is 0.179. The van der Waals surface area contributed by atoms with Gasteiger partial charge in [0.05, 0.1) is 34.1 Å². The van der Waals surface area contributed by atoms with E-state index < -0.39 is 17.4 Å². The predicted octanol–water partition coefficient (Wildman–Crippen LogP) is 4.53. The van der Waals surface area contributed by atoms with Crippen LogP contribution in [0.15, 0.2) is 82.1 Å². The van der Waals surface area contributed by atoms with Gasteiger partial charge in [-0.05, 0) is 48.7 Å². The van der Waals surface area contributed by atoms with Gasteiger partial charge >= 0.3 is 0 Å². The summed E-state index contributed by atoms with van der Waals surface area (Å²) in [5.41, 5.74) is 1.32. The van der Waals surface area contributed by atoms with Crippen LogP contribution in [0, 0.1) is 17.8 Å². The molecule has 2 saturated heterocycles. The monoisotopic (exact) mass is 568 g/mol. The molecule has 4 heterocycles. The number of carbonyl (C=O) groups excluding carboxylic acids is 2. The van der Waals surface area contributed by atoms with Gasteiger partial charge in [-0.1, -0.05) is 66.2 Å². The fourth-order valence-corrected chi connectivity index (χ4v) is 7.19. The first-order valence-electron chi connectivity index (χ1n) is 12.9. The number of nitrogens with one attached hydrogen (secondary N) is 1. The Hall–Kier alpha value is -3.62. The molecule has 1 spiro atoms. The summed E-state index contributed by atoms with van der Waals surface area (Å²) in [5.74, 6) is -1.07. The number of hydrogen-bond donors (Lipinski definition) is 1. The molecule has 3 aliphatic rings. The van der Waals surface area contributed by atoms with Crippen LogP contribution in [0.1, 0.15) is 31.7 Å². The highest BCUT2D eigenvalue weighted by atomic mass is 79.9. The average Bonchev–Trinajstić information content (AvgIpc) is 3.47. The van der Waals surface area contributed by atoms with E-state index in [0.29, 0.717) is 34.5 Å². The van der Waals surface area contributed by atoms with E-state index in [1.165, 1.54) is 4.90 Å². The van der Waals surface area contributed by atoms with E-state index in [1.54, 1.807) is 22.8 Å². The van der Waals surface area contributed by atoms with Gasteiger partial charge in [0.2, 0.25) is 11.8 Å². The van der Waals surface area contributed by atoms with Gasteiger partial charge in [-0.25, -0.2) is 9.88 Å². The van der Waals surface area contributed by atoms with Crippen molar-refractivity contribution in [1.82, 2.24) is 14.9 Å². The minimum atomic E-state index is -1.11. The number of anilines is 1. The molecule has 4 aromatic rings. The number of amides is 2. The summed E-state index contributed by atoms with van der Waals surface area (Å²) >= 11 is 3.48. The van der Waals surface area contributed by atoms with Gasteiger partial charge in [0.1, 0.15) is 11.4 Å². The molecule has 7 nitrogen and oxygen atoms in total. The van der Waals surface area contributed by atoms with Crippen molar-refractivity contribution < 1.29 is 9.59 Å². The summed E-state index contributed by atoms with van der Waals surface area (Å²) in [5, 5.41) is 4.26. The number of halogens is 1. The van der Waals surface area contributed by atoms with E-state index in [1.807, 2.05) is 54.6 Å². The third kappa shape index (κ3) is 2.98. The number of nitrogens with zero attached hydrogens (tertiary/aromatic N) is 3. The van der Waals surface area contributed by atoms with Crippen LogP contribution in [0.3, 0.4) is 0 Å². The van der Waals surface area contributed by atoms with E-state index >= 15 is 0 Å². The maximum Gasteiger partial charge on any atom is 0.266 e. The molecule has 4 atom stereocenters. The summed E-state index contributed by atoms with van der Waals surface area (Å²) in [6.07, 6.45) is 0.703. The van der Waals surface area contributed by atoms with E-state index in [2.05, 4.69) is 35.1 Å². The number of hydrogen-bond acceptors (Lipinski definition) is 5. The molecule has 8 heteroatoms. The number of aromatic nitrogens is 2. The average molecular weight is 569 g/mol. The molecule has 0 saturated carbocycles. The lowest BCUT2D eigenvalue weighted by Gasteiger charge is -2.32. The van der Waals surface area contributed by atoms with Crippen molar-refractivity contribution in [2.24, 2.45) is 17.8 Å². The molecular weight excluding hydrogens is 544 g/mol. The zero-order valence-electron chi connectivity index (χ0n) is 20.9. The van der Waals surface area contributed by atoms with Gasteiger partial charge in [0.25, 0.3) is 5.56 Å². The molecule has 0 radical (unpaired) electrons. The fourth-order valence-electron chi connectivity index (χ4n) is 6.80. The second-order valence-electron chi connectivity index (χ2n) is 10.8. The number of rotatable bonds is 3. The lowest BCUT2D eigenvalue weighted by Crippen LogP contribution is -2.50. The van der Waals surface area contributed by atoms with Crippen molar-refractivity contribution >= 4 is 44.3 Å². The molecule has 2 amide bonds. The largest absolute Gasteiger partial charge is 0.297 e. The first-order valence-corrected chi connectivity index (χ1v) is 13.7. The second kappa shape index (κ2) is 8.19. The first kappa shape index (κ1) is 23.5. The second-order valence-corrected chi connectivity index (χ2v) is 11.7. The predicted molar refractivity (Wildman–Crippen MR) is 148 cm³/mol. The summed E-state index contributed by atoms with van der Waals surface area (Å²) in [6, 6.07) is 21.9. The summed E-state index contributed by atoms with van der Waals surface area (Å²) in [7, 11) is 0. The number of fused-ring (bicyclic) bond motifs is 8. The van der Waals surface area contributed by atoms with Crippen LogP contribution >= 0.6 is 15.9 Å². The maximum absolute atomic E-state index is 14.4. The third-order valence-electron chi connectivity index (χ3n) is 8.15. The molecule has 3 aliphatic heterocycles. The van der Waals surface area contributed by atoms with Crippen molar-refractivity contribution in [2.45, 2.75) is 31.8 Å². The van der Waals surface area contributed by atoms with Crippen molar-refractivity contribution in [3.8, 4) is 5.69 Å². The van der Waals surface area contributed by atoms with Gasteiger partial charge < -0.3 is 0 Å². The van der Waals surface area contributed by atoms with Crippen LogP contribution in [0.4, 0.5) is 5.69 Å². The highest BCUT2D eigenvalue weighted by Gasteiger charge is 2.69. The molecule has 3 aromatic carbocycles. The highest BCUT2D eigenvalue weighted by Crippen LogP contribution is 2.56. The molecular formula is C30H25BrN4O3. The summed E-state index contributed by atoms with van der Waals surface area (Å²) in [4.78, 5) is 48.7. The van der Waals surface area contributed by atoms with E-state index in [0.717, 1.165) is 10.0 Å². The number of benzene rings is 3. The fraction of sp³-hybridized carbons (Fsp3) is 0.267. The van der Waals surface area contributed by atoms with E-state index in [-0.39, 0.29) is 29.3 Å². The number of para-hydroxylation sites is 2. The number of carbonyl (C=O) groups is 2. The molecule has 0 aliphatic carbocycles. The van der Waals surface area contributed by atoms with Gasteiger partial charge in [-0.15, -0.1) is 0 Å². The zero-order valence-corrected chi connectivity index (χ0v) is 22.5. The Morgan fingerprint density at radius 3 is 2.53 bits per heavy atom. The van der Waals surface area contributed by atoms with Crippen molar-refractivity contribution in [3.63, 3.8) is 0 Å².